The van der Waals surface area contributed by atoms with Crippen LogP contribution in [-0.2, 0) is 20.9 Å². The van der Waals surface area contributed by atoms with Crippen LogP contribution in [0.3, 0.4) is 0 Å². The van der Waals surface area contributed by atoms with Gasteiger partial charge in [0.1, 0.15) is 12.6 Å². The molecule has 2 N–H and O–H groups in total. The van der Waals surface area contributed by atoms with Crippen LogP contribution in [0.15, 0.2) is 30.3 Å². The Morgan fingerprint density at radius 1 is 1.17 bits per heavy atom. The molecule has 1 aromatic carbocycles. The highest BCUT2D eigenvalue weighted by atomic mass is 16.5. The smallest absolute Gasteiger partial charge is 0.408 e. The fourth-order valence-corrected chi connectivity index (χ4v) is 2.16. The van der Waals surface area contributed by atoms with Crippen molar-refractivity contribution in [1.82, 2.24) is 10.6 Å². The van der Waals surface area contributed by atoms with Crippen molar-refractivity contribution >= 4 is 12.0 Å². The Labute approximate surface area is 143 Å². The number of alkyl carbamates (subject to hydrolysis) is 1. The molecule has 6 heteroatoms. The molecule has 1 rings (SSSR count). The molecule has 6 nitrogen and oxygen atoms in total. The summed E-state index contributed by atoms with van der Waals surface area (Å²) in [7, 11) is 1.62. The third-order valence-electron chi connectivity index (χ3n) is 3.35. The molecule has 0 saturated heterocycles. The minimum atomic E-state index is -0.601. The summed E-state index contributed by atoms with van der Waals surface area (Å²) in [6.07, 6.45) is 0.697. The van der Waals surface area contributed by atoms with Crippen LogP contribution in [0.5, 0.6) is 0 Å². The van der Waals surface area contributed by atoms with E-state index in [9.17, 15) is 9.59 Å². The number of rotatable bonds is 10. The summed E-state index contributed by atoms with van der Waals surface area (Å²) >= 11 is 0. The quantitative estimate of drug-likeness (QED) is 0.644. The van der Waals surface area contributed by atoms with Gasteiger partial charge in [0.05, 0.1) is 0 Å². The molecule has 2 amide bonds. The maximum atomic E-state index is 12.2. The molecule has 1 atom stereocenters. The predicted molar refractivity (Wildman–Crippen MR) is 92.5 cm³/mol. The topological polar surface area (TPSA) is 76.7 Å². The first-order valence-electron chi connectivity index (χ1n) is 8.26. The van der Waals surface area contributed by atoms with E-state index in [1.165, 1.54) is 0 Å². The van der Waals surface area contributed by atoms with Crippen LogP contribution < -0.4 is 10.6 Å². The highest BCUT2D eigenvalue weighted by Gasteiger charge is 2.22. The van der Waals surface area contributed by atoms with Gasteiger partial charge in [0.2, 0.25) is 5.91 Å². The molecular formula is C18H28N2O4. The number of carbonyl (C=O) groups is 2. The average molecular weight is 336 g/mol. The van der Waals surface area contributed by atoms with E-state index >= 15 is 0 Å². The first-order chi connectivity index (χ1) is 11.5. The van der Waals surface area contributed by atoms with Crippen molar-refractivity contribution in [2.24, 2.45) is 5.92 Å². The summed E-state index contributed by atoms with van der Waals surface area (Å²) in [6, 6.07) is 8.81. The minimum Gasteiger partial charge on any atom is -0.445 e. The van der Waals surface area contributed by atoms with Gasteiger partial charge in [-0.05, 0) is 24.3 Å². The van der Waals surface area contributed by atoms with E-state index in [0.717, 1.165) is 12.0 Å². The van der Waals surface area contributed by atoms with Crippen LogP contribution in [0.2, 0.25) is 0 Å². The SMILES string of the molecule is COCCCNC(=O)C(CC(C)C)NC(=O)OCc1ccccc1. The van der Waals surface area contributed by atoms with Gasteiger partial charge in [-0.2, -0.15) is 0 Å². The lowest BCUT2D eigenvalue weighted by Gasteiger charge is -2.20. The molecule has 0 aliphatic heterocycles. The first-order valence-corrected chi connectivity index (χ1v) is 8.26. The number of hydrogen-bond acceptors (Lipinski definition) is 4. The molecule has 0 heterocycles. The molecule has 0 bridgehead atoms. The molecule has 0 saturated carbocycles. The molecule has 0 fully saturated rings. The van der Waals surface area contributed by atoms with Gasteiger partial charge < -0.3 is 20.1 Å². The molecule has 0 spiro atoms. The van der Waals surface area contributed by atoms with E-state index in [0.29, 0.717) is 19.6 Å². The van der Waals surface area contributed by atoms with Gasteiger partial charge in [0.25, 0.3) is 0 Å². The Bertz CT molecular complexity index is 491. The van der Waals surface area contributed by atoms with E-state index in [-0.39, 0.29) is 18.4 Å². The Morgan fingerprint density at radius 3 is 2.50 bits per heavy atom. The predicted octanol–water partition coefficient (Wildman–Crippen LogP) is 2.48. The zero-order chi connectivity index (χ0) is 17.8. The largest absolute Gasteiger partial charge is 0.445 e. The van der Waals surface area contributed by atoms with Crippen LogP contribution in [0.4, 0.5) is 4.79 Å². The monoisotopic (exact) mass is 336 g/mol. The number of carbonyl (C=O) groups excluding carboxylic acids is 2. The fraction of sp³-hybridized carbons (Fsp3) is 0.556. The van der Waals surface area contributed by atoms with Crippen LogP contribution in [-0.4, -0.2) is 38.3 Å². The van der Waals surface area contributed by atoms with E-state index in [4.69, 9.17) is 9.47 Å². The van der Waals surface area contributed by atoms with Crippen LogP contribution >= 0.6 is 0 Å². The molecule has 0 radical (unpaired) electrons. The second-order valence-corrected chi connectivity index (χ2v) is 6.03. The third-order valence-corrected chi connectivity index (χ3v) is 3.35. The second-order valence-electron chi connectivity index (χ2n) is 6.03. The fourth-order valence-electron chi connectivity index (χ4n) is 2.16. The van der Waals surface area contributed by atoms with Gasteiger partial charge >= 0.3 is 6.09 Å². The number of methoxy groups -OCH3 is 1. The zero-order valence-corrected chi connectivity index (χ0v) is 14.7. The summed E-state index contributed by atoms with van der Waals surface area (Å²) in [5.41, 5.74) is 0.900. The summed E-state index contributed by atoms with van der Waals surface area (Å²) < 4.78 is 10.1. The van der Waals surface area contributed by atoms with Crippen molar-refractivity contribution in [1.29, 1.82) is 0 Å². The van der Waals surface area contributed by atoms with E-state index < -0.39 is 12.1 Å². The lowest BCUT2D eigenvalue weighted by atomic mass is 10.0. The van der Waals surface area contributed by atoms with Crippen LogP contribution in [0.25, 0.3) is 0 Å². The van der Waals surface area contributed by atoms with Gasteiger partial charge in [-0.3, -0.25) is 4.79 Å². The normalized spacial score (nSPS) is 11.8. The second kappa shape index (κ2) is 11.5. The van der Waals surface area contributed by atoms with Crippen molar-refractivity contribution in [2.75, 3.05) is 20.3 Å². The summed E-state index contributed by atoms with van der Waals surface area (Å²) in [6.45, 7) is 5.28. The number of amides is 2. The average Bonchev–Trinajstić information content (AvgIpc) is 2.56. The highest BCUT2D eigenvalue weighted by Crippen LogP contribution is 2.06. The summed E-state index contributed by atoms with van der Waals surface area (Å²) in [5, 5.41) is 5.47. The number of benzene rings is 1. The van der Waals surface area contributed by atoms with Crippen molar-refractivity contribution < 1.29 is 19.1 Å². The van der Waals surface area contributed by atoms with Gasteiger partial charge in [-0.25, -0.2) is 4.79 Å². The maximum absolute atomic E-state index is 12.2. The standard InChI is InChI=1S/C18H28N2O4/c1-14(2)12-16(17(21)19-10-7-11-23-3)20-18(22)24-13-15-8-5-4-6-9-15/h4-6,8-9,14,16H,7,10-13H2,1-3H3,(H,19,21)(H,20,22). The van der Waals surface area contributed by atoms with Gasteiger partial charge in [-0.15, -0.1) is 0 Å². The lowest BCUT2D eigenvalue weighted by Crippen LogP contribution is -2.47. The Balaban J connectivity index is 2.45. The van der Waals surface area contributed by atoms with Gasteiger partial charge in [0, 0.05) is 20.3 Å². The number of nitrogens with one attached hydrogen (secondary N) is 2. The molecular weight excluding hydrogens is 308 g/mol. The van der Waals surface area contributed by atoms with Gasteiger partial charge in [0.15, 0.2) is 0 Å². The van der Waals surface area contributed by atoms with Crippen LogP contribution in [0.1, 0.15) is 32.3 Å². The Morgan fingerprint density at radius 2 is 1.88 bits per heavy atom. The first kappa shape index (κ1) is 20.0. The van der Waals surface area contributed by atoms with Crippen LogP contribution in [0, 0.1) is 5.92 Å². The summed E-state index contributed by atoms with van der Waals surface area (Å²) in [5.74, 6) is 0.0746. The van der Waals surface area contributed by atoms with Crippen molar-refractivity contribution in [3.05, 3.63) is 35.9 Å². The van der Waals surface area contributed by atoms with Crippen molar-refractivity contribution in [3.63, 3.8) is 0 Å². The van der Waals surface area contributed by atoms with Crippen molar-refractivity contribution in [3.8, 4) is 0 Å². The molecule has 0 aliphatic carbocycles. The van der Waals surface area contributed by atoms with E-state index in [1.807, 2.05) is 44.2 Å². The highest BCUT2D eigenvalue weighted by molar-refractivity contribution is 5.85. The maximum Gasteiger partial charge on any atom is 0.408 e. The number of hydrogen-bond donors (Lipinski definition) is 2. The third kappa shape index (κ3) is 8.53. The molecule has 0 aliphatic rings. The Hall–Kier alpha value is -2.08. The van der Waals surface area contributed by atoms with E-state index in [2.05, 4.69) is 10.6 Å². The van der Waals surface area contributed by atoms with Crippen molar-refractivity contribution in [2.45, 2.75) is 39.3 Å². The molecule has 1 aromatic rings. The molecule has 1 unspecified atom stereocenters. The lowest BCUT2D eigenvalue weighted by molar-refractivity contribution is -0.123. The molecule has 24 heavy (non-hydrogen) atoms. The summed E-state index contributed by atoms with van der Waals surface area (Å²) in [4.78, 5) is 24.2. The van der Waals surface area contributed by atoms with Gasteiger partial charge in [-0.1, -0.05) is 44.2 Å². The minimum absolute atomic E-state index is 0.177. The zero-order valence-electron chi connectivity index (χ0n) is 14.7. The number of ether oxygens (including phenoxy) is 2. The van der Waals surface area contributed by atoms with E-state index in [1.54, 1.807) is 7.11 Å². The molecule has 134 valence electrons. The molecule has 0 aromatic heterocycles. The Kier molecular flexibility index (Phi) is 9.53.